The van der Waals surface area contributed by atoms with Gasteiger partial charge in [-0.2, -0.15) is 0 Å². The summed E-state index contributed by atoms with van der Waals surface area (Å²) in [7, 11) is 1.59. The summed E-state index contributed by atoms with van der Waals surface area (Å²) in [5.41, 5.74) is -0.381. The highest BCUT2D eigenvalue weighted by Crippen LogP contribution is 2.33. The molecule has 0 bridgehead atoms. The van der Waals surface area contributed by atoms with Crippen LogP contribution in [-0.2, 0) is 10.3 Å². The number of nitrogens with zero attached hydrogens (tertiary/aromatic N) is 1. The lowest BCUT2D eigenvalue weighted by molar-refractivity contribution is -0.131. The normalized spacial score (nSPS) is 19.4. The molecule has 0 spiro atoms. The molecule has 6 nitrogen and oxygen atoms in total. The number of carbonyl (C=O) groups is 2. The molecule has 1 fully saturated rings. The molecule has 2 aromatic carbocycles. The second-order valence-corrected chi connectivity index (χ2v) is 6.87. The molecule has 2 aromatic rings. The van der Waals surface area contributed by atoms with Crippen LogP contribution >= 0.6 is 15.9 Å². The standard InChI is InChI=1S/C19H19BrN2O4/c1-19(15-5-3-4-6-16(15)20)17(23)22(18(24)21-19)11-12-26-14-9-7-13(25-2)8-10-14/h3-10H,11-12H2,1-2H3,(H,21,24)/t19-/m1/s1. The smallest absolute Gasteiger partial charge is 0.325 e. The van der Waals surface area contributed by atoms with Gasteiger partial charge in [0.05, 0.1) is 13.7 Å². The van der Waals surface area contributed by atoms with Crippen molar-refractivity contribution in [3.8, 4) is 11.5 Å². The minimum atomic E-state index is -1.10. The maximum absolute atomic E-state index is 12.9. The number of ether oxygens (including phenoxy) is 2. The molecule has 7 heteroatoms. The number of methoxy groups -OCH3 is 1. The lowest BCUT2D eigenvalue weighted by Gasteiger charge is -2.23. The molecular weight excluding hydrogens is 400 g/mol. The van der Waals surface area contributed by atoms with E-state index in [9.17, 15) is 9.59 Å². The second kappa shape index (κ2) is 7.37. The number of imide groups is 1. The van der Waals surface area contributed by atoms with Gasteiger partial charge in [0, 0.05) is 10.0 Å². The molecule has 1 heterocycles. The Morgan fingerprint density at radius 3 is 2.38 bits per heavy atom. The average Bonchev–Trinajstić information content (AvgIpc) is 2.86. The Hall–Kier alpha value is -2.54. The van der Waals surface area contributed by atoms with E-state index in [-0.39, 0.29) is 19.1 Å². The molecular formula is C19H19BrN2O4. The fourth-order valence-corrected chi connectivity index (χ4v) is 3.56. The minimum Gasteiger partial charge on any atom is -0.497 e. The van der Waals surface area contributed by atoms with Crippen molar-refractivity contribution >= 4 is 27.9 Å². The van der Waals surface area contributed by atoms with E-state index in [1.54, 1.807) is 38.3 Å². The van der Waals surface area contributed by atoms with E-state index in [0.717, 1.165) is 15.8 Å². The summed E-state index contributed by atoms with van der Waals surface area (Å²) in [6, 6.07) is 14.0. The Labute approximate surface area is 160 Å². The Bertz CT molecular complexity index is 825. The van der Waals surface area contributed by atoms with Gasteiger partial charge in [-0.05, 0) is 37.3 Å². The molecule has 0 saturated carbocycles. The zero-order valence-corrected chi connectivity index (χ0v) is 16.1. The monoisotopic (exact) mass is 418 g/mol. The van der Waals surface area contributed by atoms with Gasteiger partial charge in [0.2, 0.25) is 0 Å². The van der Waals surface area contributed by atoms with Crippen molar-refractivity contribution in [3.63, 3.8) is 0 Å². The number of halogens is 1. The number of nitrogens with one attached hydrogen (secondary N) is 1. The van der Waals surface area contributed by atoms with Crippen LogP contribution in [0, 0.1) is 0 Å². The third-order valence-corrected chi connectivity index (χ3v) is 5.02. The topological polar surface area (TPSA) is 67.9 Å². The number of rotatable bonds is 6. The van der Waals surface area contributed by atoms with Crippen molar-refractivity contribution in [1.82, 2.24) is 10.2 Å². The first-order chi connectivity index (χ1) is 12.5. The van der Waals surface area contributed by atoms with Crippen LogP contribution in [0.15, 0.2) is 53.0 Å². The number of hydrogen-bond donors (Lipinski definition) is 1. The summed E-state index contributed by atoms with van der Waals surface area (Å²) in [5, 5.41) is 2.79. The first kappa shape index (κ1) is 18.3. The van der Waals surface area contributed by atoms with Crippen molar-refractivity contribution in [1.29, 1.82) is 0 Å². The van der Waals surface area contributed by atoms with Gasteiger partial charge in [0.15, 0.2) is 0 Å². The molecule has 26 heavy (non-hydrogen) atoms. The van der Waals surface area contributed by atoms with E-state index < -0.39 is 11.6 Å². The molecule has 3 amide bonds. The van der Waals surface area contributed by atoms with Crippen LogP contribution in [0.2, 0.25) is 0 Å². The highest BCUT2D eigenvalue weighted by molar-refractivity contribution is 9.10. The maximum atomic E-state index is 12.9. The van der Waals surface area contributed by atoms with Crippen LogP contribution in [0.5, 0.6) is 11.5 Å². The Morgan fingerprint density at radius 2 is 1.73 bits per heavy atom. The predicted molar refractivity (Wildman–Crippen MR) is 100 cm³/mol. The van der Waals surface area contributed by atoms with Crippen molar-refractivity contribution in [2.75, 3.05) is 20.3 Å². The Morgan fingerprint density at radius 1 is 1.08 bits per heavy atom. The van der Waals surface area contributed by atoms with Crippen LogP contribution in [0.25, 0.3) is 0 Å². The van der Waals surface area contributed by atoms with Crippen LogP contribution in [-0.4, -0.2) is 37.1 Å². The average molecular weight is 419 g/mol. The van der Waals surface area contributed by atoms with Gasteiger partial charge in [0.25, 0.3) is 5.91 Å². The van der Waals surface area contributed by atoms with E-state index in [4.69, 9.17) is 9.47 Å². The summed E-state index contributed by atoms with van der Waals surface area (Å²) >= 11 is 3.45. The second-order valence-electron chi connectivity index (χ2n) is 6.02. The largest absolute Gasteiger partial charge is 0.497 e. The van der Waals surface area contributed by atoms with Crippen LogP contribution in [0.3, 0.4) is 0 Å². The van der Waals surface area contributed by atoms with Gasteiger partial charge in [-0.15, -0.1) is 0 Å². The molecule has 0 aromatic heterocycles. The fraction of sp³-hybridized carbons (Fsp3) is 0.263. The molecule has 1 atom stereocenters. The first-order valence-electron chi connectivity index (χ1n) is 8.11. The van der Waals surface area contributed by atoms with Crippen molar-refractivity contribution in [3.05, 3.63) is 58.6 Å². The summed E-state index contributed by atoms with van der Waals surface area (Å²) in [6.07, 6.45) is 0. The van der Waals surface area contributed by atoms with Crippen LogP contribution < -0.4 is 14.8 Å². The highest BCUT2D eigenvalue weighted by atomic mass is 79.9. The third kappa shape index (κ3) is 3.39. The molecule has 0 aliphatic carbocycles. The van der Waals surface area contributed by atoms with E-state index in [1.165, 1.54) is 4.90 Å². The molecule has 1 N–H and O–H groups in total. The van der Waals surface area contributed by atoms with Gasteiger partial charge >= 0.3 is 6.03 Å². The molecule has 1 aliphatic heterocycles. The molecule has 1 saturated heterocycles. The Balaban J connectivity index is 1.66. The minimum absolute atomic E-state index is 0.163. The first-order valence-corrected chi connectivity index (χ1v) is 8.91. The van der Waals surface area contributed by atoms with Gasteiger partial charge in [-0.1, -0.05) is 34.1 Å². The molecule has 136 valence electrons. The Kier molecular flexibility index (Phi) is 5.18. The third-order valence-electron chi connectivity index (χ3n) is 4.33. The molecule has 0 radical (unpaired) electrons. The zero-order valence-electron chi connectivity index (χ0n) is 14.5. The zero-order chi connectivity index (χ0) is 18.7. The van der Waals surface area contributed by atoms with Crippen molar-refractivity contribution < 1.29 is 19.1 Å². The molecule has 0 unspecified atom stereocenters. The maximum Gasteiger partial charge on any atom is 0.325 e. The van der Waals surface area contributed by atoms with Crippen LogP contribution in [0.1, 0.15) is 12.5 Å². The predicted octanol–water partition coefficient (Wildman–Crippen LogP) is 3.30. The van der Waals surface area contributed by atoms with Crippen LogP contribution in [0.4, 0.5) is 4.79 Å². The lowest BCUT2D eigenvalue weighted by Crippen LogP contribution is -2.41. The van der Waals surface area contributed by atoms with E-state index in [0.29, 0.717) is 5.75 Å². The number of benzene rings is 2. The summed E-state index contributed by atoms with van der Waals surface area (Å²) < 4.78 is 11.5. The van der Waals surface area contributed by atoms with E-state index >= 15 is 0 Å². The number of hydrogen-bond acceptors (Lipinski definition) is 4. The quantitative estimate of drug-likeness (QED) is 0.730. The number of amides is 3. The molecule has 3 rings (SSSR count). The van der Waals surface area contributed by atoms with E-state index in [2.05, 4.69) is 21.2 Å². The lowest BCUT2D eigenvalue weighted by atomic mass is 9.92. The van der Waals surface area contributed by atoms with E-state index in [1.807, 2.05) is 24.3 Å². The summed E-state index contributed by atoms with van der Waals surface area (Å²) in [6.45, 7) is 2.08. The summed E-state index contributed by atoms with van der Waals surface area (Å²) in [4.78, 5) is 26.4. The summed E-state index contributed by atoms with van der Waals surface area (Å²) in [5.74, 6) is 1.08. The number of carbonyl (C=O) groups excluding carboxylic acids is 2. The highest BCUT2D eigenvalue weighted by Gasteiger charge is 2.49. The van der Waals surface area contributed by atoms with Crippen molar-refractivity contribution in [2.45, 2.75) is 12.5 Å². The van der Waals surface area contributed by atoms with Gasteiger partial charge in [-0.3, -0.25) is 9.69 Å². The number of urea groups is 1. The SMILES string of the molecule is COc1ccc(OCCN2C(=O)N[C@](C)(c3ccccc3Br)C2=O)cc1. The van der Waals surface area contributed by atoms with Gasteiger partial charge in [0.1, 0.15) is 23.6 Å². The fourth-order valence-electron chi connectivity index (χ4n) is 2.88. The van der Waals surface area contributed by atoms with Gasteiger partial charge < -0.3 is 14.8 Å². The molecule has 1 aliphatic rings. The van der Waals surface area contributed by atoms with Crippen molar-refractivity contribution in [2.24, 2.45) is 0 Å². The van der Waals surface area contributed by atoms with Gasteiger partial charge in [-0.25, -0.2) is 4.79 Å².